The maximum atomic E-state index is 8.51. The molecular weight excluding hydrogens is 114 g/mol. The summed E-state index contributed by atoms with van der Waals surface area (Å²) in [6.07, 6.45) is 0. The average molecular weight is 133 g/mol. The standard InChI is InChI=1S/C5H13NO.C2H6/c1-5(2,3-6)4-7;1-2/h7H,3-4,6H2,1-2H3;1-2H3. The van der Waals surface area contributed by atoms with E-state index in [4.69, 9.17) is 10.8 Å². The Bertz CT molecular complexity index is 46.9. The minimum Gasteiger partial charge on any atom is -0.396 e. The lowest BCUT2D eigenvalue weighted by atomic mass is 9.96. The van der Waals surface area contributed by atoms with Crippen LogP contribution in [0.3, 0.4) is 0 Å². The van der Waals surface area contributed by atoms with Gasteiger partial charge in [-0.2, -0.15) is 0 Å². The number of aliphatic hydroxyl groups excluding tert-OH is 1. The van der Waals surface area contributed by atoms with Crippen molar-refractivity contribution in [3.8, 4) is 0 Å². The third-order valence-corrected chi connectivity index (χ3v) is 0.981. The molecule has 0 unspecified atom stereocenters. The van der Waals surface area contributed by atoms with Crippen LogP contribution in [0.5, 0.6) is 0 Å². The molecule has 2 nitrogen and oxygen atoms in total. The largest absolute Gasteiger partial charge is 0.396 e. The highest BCUT2D eigenvalue weighted by atomic mass is 16.3. The highest BCUT2D eigenvalue weighted by Crippen LogP contribution is 2.08. The van der Waals surface area contributed by atoms with Crippen molar-refractivity contribution in [2.24, 2.45) is 11.1 Å². The first-order valence-corrected chi connectivity index (χ1v) is 3.43. The summed E-state index contributed by atoms with van der Waals surface area (Å²) >= 11 is 0. The third-order valence-electron chi connectivity index (χ3n) is 0.981. The van der Waals surface area contributed by atoms with Crippen LogP contribution >= 0.6 is 0 Å². The van der Waals surface area contributed by atoms with E-state index < -0.39 is 0 Å². The van der Waals surface area contributed by atoms with Crippen molar-refractivity contribution in [2.75, 3.05) is 13.2 Å². The molecule has 58 valence electrons. The molecule has 0 aliphatic carbocycles. The van der Waals surface area contributed by atoms with Gasteiger partial charge in [-0.3, -0.25) is 0 Å². The zero-order valence-electron chi connectivity index (χ0n) is 6.94. The molecule has 0 aromatic heterocycles. The summed E-state index contributed by atoms with van der Waals surface area (Å²) in [4.78, 5) is 0. The van der Waals surface area contributed by atoms with Gasteiger partial charge in [0.05, 0.1) is 0 Å². The molecule has 0 aromatic rings. The maximum Gasteiger partial charge on any atom is 0.0494 e. The van der Waals surface area contributed by atoms with Crippen molar-refractivity contribution < 1.29 is 5.11 Å². The first kappa shape index (κ1) is 11.7. The summed E-state index contributed by atoms with van der Waals surface area (Å²) in [5.41, 5.74) is 5.17. The Morgan fingerprint density at radius 2 is 1.67 bits per heavy atom. The minimum absolute atomic E-state index is 0.0833. The molecule has 0 atom stereocenters. The molecule has 0 aromatic carbocycles. The van der Waals surface area contributed by atoms with Crippen molar-refractivity contribution in [3.63, 3.8) is 0 Å². The van der Waals surface area contributed by atoms with E-state index in [0.29, 0.717) is 6.54 Å². The van der Waals surface area contributed by atoms with Gasteiger partial charge in [0.25, 0.3) is 0 Å². The predicted octanol–water partition coefficient (Wildman–Crippen LogP) is 0.990. The molecule has 0 amide bonds. The van der Waals surface area contributed by atoms with Crippen molar-refractivity contribution in [1.29, 1.82) is 0 Å². The van der Waals surface area contributed by atoms with Gasteiger partial charge in [-0.25, -0.2) is 0 Å². The number of aliphatic hydroxyl groups is 1. The van der Waals surface area contributed by atoms with Crippen LogP contribution in [0.4, 0.5) is 0 Å². The molecular formula is C7H19NO. The summed E-state index contributed by atoms with van der Waals surface area (Å²) in [5, 5.41) is 8.51. The maximum absolute atomic E-state index is 8.51. The summed E-state index contributed by atoms with van der Waals surface area (Å²) in [6, 6.07) is 0. The molecule has 0 spiro atoms. The molecule has 0 aliphatic rings. The highest BCUT2D eigenvalue weighted by molar-refractivity contribution is 4.65. The van der Waals surface area contributed by atoms with E-state index in [1.165, 1.54) is 0 Å². The molecule has 0 aliphatic heterocycles. The van der Waals surface area contributed by atoms with E-state index in [1.54, 1.807) is 0 Å². The average Bonchev–Trinajstić information content (AvgIpc) is 1.93. The van der Waals surface area contributed by atoms with Gasteiger partial charge in [0, 0.05) is 12.0 Å². The Morgan fingerprint density at radius 3 is 1.67 bits per heavy atom. The van der Waals surface area contributed by atoms with Gasteiger partial charge in [0.1, 0.15) is 0 Å². The molecule has 0 saturated heterocycles. The second-order valence-corrected chi connectivity index (χ2v) is 2.53. The Labute approximate surface area is 58.1 Å². The summed E-state index contributed by atoms with van der Waals surface area (Å²) in [7, 11) is 0. The number of rotatable bonds is 2. The fraction of sp³-hybridized carbons (Fsp3) is 1.00. The normalized spacial score (nSPS) is 10.0. The van der Waals surface area contributed by atoms with Crippen LogP contribution in [-0.2, 0) is 0 Å². The Hall–Kier alpha value is -0.0800. The van der Waals surface area contributed by atoms with E-state index in [-0.39, 0.29) is 12.0 Å². The lowest BCUT2D eigenvalue weighted by Gasteiger charge is -2.17. The SMILES string of the molecule is CC.CC(C)(CN)CO. The monoisotopic (exact) mass is 133 g/mol. The highest BCUT2D eigenvalue weighted by Gasteiger charge is 2.11. The molecule has 0 heterocycles. The van der Waals surface area contributed by atoms with Gasteiger partial charge in [0.2, 0.25) is 0 Å². The molecule has 0 bridgehead atoms. The van der Waals surface area contributed by atoms with Crippen LogP contribution in [0.25, 0.3) is 0 Å². The predicted molar refractivity (Wildman–Crippen MR) is 41.3 cm³/mol. The van der Waals surface area contributed by atoms with Crippen molar-refractivity contribution in [2.45, 2.75) is 27.7 Å². The zero-order chi connectivity index (χ0) is 7.91. The van der Waals surface area contributed by atoms with Gasteiger partial charge in [0.15, 0.2) is 0 Å². The lowest BCUT2D eigenvalue weighted by molar-refractivity contribution is 0.167. The van der Waals surface area contributed by atoms with E-state index in [0.717, 1.165) is 0 Å². The summed E-state index contributed by atoms with van der Waals surface area (Å²) in [6.45, 7) is 8.56. The van der Waals surface area contributed by atoms with Gasteiger partial charge in [-0.1, -0.05) is 27.7 Å². The van der Waals surface area contributed by atoms with Crippen LogP contribution in [0, 0.1) is 5.41 Å². The first-order valence-electron chi connectivity index (χ1n) is 3.43. The second-order valence-electron chi connectivity index (χ2n) is 2.53. The van der Waals surface area contributed by atoms with Crippen LogP contribution in [0.1, 0.15) is 27.7 Å². The molecule has 0 radical (unpaired) electrons. The van der Waals surface area contributed by atoms with E-state index >= 15 is 0 Å². The summed E-state index contributed by atoms with van der Waals surface area (Å²) < 4.78 is 0. The minimum atomic E-state index is -0.0833. The van der Waals surface area contributed by atoms with Crippen LogP contribution in [0.15, 0.2) is 0 Å². The lowest BCUT2D eigenvalue weighted by Crippen LogP contribution is -2.26. The van der Waals surface area contributed by atoms with Crippen LogP contribution in [0.2, 0.25) is 0 Å². The number of hydrogen-bond acceptors (Lipinski definition) is 2. The molecule has 0 fully saturated rings. The van der Waals surface area contributed by atoms with Crippen LogP contribution in [-0.4, -0.2) is 18.3 Å². The van der Waals surface area contributed by atoms with Gasteiger partial charge >= 0.3 is 0 Å². The Balaban J connectivity index is 0. The van der Waals surface area contributed by atoms with Crippen molar-refractivity contribution in [3.05, 3.63) is 0 Å². The van der Waals surface area contributed by atoms with E-state index in [1.807, 2.05) is 27.7 Å². The third kappa shape index (κ3) is 7.92. The van der Waals surface area contributed by atoms with Crippen molar-refractivity contribution in [1.82, 2.24) is 0 Å². The Kier molecular flexibility index (Phi) is 7.85. The second kappa shape index (κ2) is 6.05. The van der Waals surface area contributed by atoms with Gasteiger partial charge < -0.3 is 10.8 Å². The van der Waals surface area contributed by atoms with Gasteiger partial charge in [-0.15, -0.1) is 0 Å². The van der Waals surface area contributed by atoms with Crippen LogP contribution < -0.4 is 5.73 Å². The zero-order valence-corrected chi connectivity index (χ0v) is 6.94. The van der Waals surface area contributed by atoms with E-state index in [2.05, 4.69) is 0 Å². The first-order chi connectivity index (χ1) is 4.12. The Morgan fingerprint density at radius 1 is 1.33 bits per heavy atom. The fourth-order valence-electron chi connectivity index (χ4n) is 0.0645. The quantitative estimate of drug-likeness (QED) is 0.590. The van der Waals surface area contributed by atoms with Crippen molar-refractivity contribution >= 4 is 0 Å². The molecule has 9 heavy (non-hydrogen) atoms. The molecule has 2 heteroatoms. The number of hydrogen-bond donors (Lipinski definition) is 2. The molecule has 0 saturated carbocycles. The fourth-order valence-corrected chi connectivity index (χ4v) is 0.0645. The number of nitrogens with two attached hydrogens (primary N) is 1. The smallest absolute Gasteiger partial charge is 0.0494 e. The van der Waals surface area contributed by atoms with E-state index in [9.17, 15) is 0 Å². The molecule has 0 rings (SSSR count). The summed E-state index contributed by atoms with van der Waals surface area (Å²) in [5.74, 6) is 0. The topological polar surface area (TPSA) is 46.2 Å². The van der Waals surface area contributed by atoms with Gasteiger partial charge in [-0.05, 0) is 6.54 Å². The molecule has 3 N–H and O–H groups in total.